The summed E-state index contributed by atoms with van der Waals surface area (Å²) in [6, 6.07) is 16.1. The lowest BCUT2D eigenvalue weighted by Crippen LogP contribution is -2.48. The van der Waals surface area contributed by atoms with Crippen LogP contribution < -0.4 is 0 Å². The molecule has 31 heavy (non-hydrogen) atoms. The molecule has 0 radical (unpaired) electrons. The van der Waals surface area contributed by atoms with Gasteiger partial charge in [-0.05, 0) is 42.9 Å². The fourth-order valence-corrected chi connectivity index (χ4v) is 4.38. The lowest BCUT2D eigenvalue weighted by Gasteiger charge is -2.35. The van der Waals surface area contributed by atoms with Crippen molar-refractivity contribution in [2.75, 3.05) is 26.2 Å². The molecular weight excluding hydrogens is 430 g/mol. The van der Waals surface area contributed by atoms with Crippen molar-refractivity contribution in [2.24, 2.45) is 0 Å². The van der Waals surface area contributed by atoms with Gasteiger partial charge in [-0.3, -0.25) is 19.4 Å². The number of halogens is 1. The van der Waals surface area contributed by atoms with Crippen molar-refractivity contribution in [1.29, 1.82) is 0 Å². The van der Waals surface area contributed by atoms with Crippen LogP contribution in [0.15, 0.2) is 48.5 Å². The number of carbonyl (C=O) groups excluding carboxylic acids is 1. The van der Waals surface area contributed by atoms with Gasteiger partial charge in [0.15, 0.2) is 10.6 Å². The Morgan fingerprint density at radius 2 is 1.90 bits per heavy atom. The summed E-state index contributed by atoms with van der Waals surface area (Å²) in [6.07, 6.45) is 0.404. The molecule has 2 aromatic carbocycles. The van der Waals surface area contributed by atoms with Crippen LogP contribution in [0.1, 0.15) is 17.5 Å². The first-order chi connectivity index (χ1) is 15.0. The summed E-state index contributed by atoms with van der Waals surface area (Å²) in [7, 11) is 0. The smallest absolute Gasteiger partial charge is 0.224 e. The molecule has 1 N–H and O–H groups in total. The number of piperazine rings is 1. The highest BCUT2D eigenvalue weighted by Gasteiger charge is 2.21. The fraction of sp³-hybridized carbons (Fsp3) is 0.348. The lowest BCUT2D eigenvalue weighted by molar-refractivity contribution is -0.133. The van der Waals surface area contributed by atoms with Crippen LogP contribution in [0.3, 0.4) is 0 Å². The van der Waals surface area contributed by atoms with Crippen molar-refractivity contribution < 1.29 is 4.79 Å². The van der Waals surface area contributed by atoms with E-state index in [1.165, 1.54) is 5.56 Å². The normalized spacial score (nSPS) is 14.7. The molecule has 162 valence electrons. The molecule has 0 aliphatic carbocycles. The van der Waals surface area contributed by atoms with Gasteiger partial charge in [0.1, 0.15) is 0 Å². The maximum atomic E-state index is 12.8. The SMILES string of the molecule is Cc1cccc(-c2n[nH]c(=S)n2CCC(=O)N2CCN(Cc3cccc(Cl)c3)CC2)c1. The van der Waals surface area contributed by atoms with E-state index in [1.54, 1.807) is 0 Å². The van der Waals surface area contributed by atoms with E-state index in [4.69, 9.17) is 23.8 Å². The maximum Gasteiger partial charge on any atom is 0.224 e. The van der Waals surface area contributed by atoms with Gasteiger partial charge in [-0.1, -0.05) is 47.5 Å². The fourth-order valence-electron chi connectivity index (χ4n) is 3.94. The van der Waals surface area contributed by atoms with Crippen molar-refractivity contribution in [3.05, 3.63) is 69.5 Å². The first-order valence-electron chi connectivity index (χ1n) is 10.5. The summed E-state index contributed by atoms with van der Waals surface area (Å²) in [5.74, 6) is 0.925. The lowest BCUT2D eigenvalue weighted by atomic mass is 10.1. The number of H-pyrrole nitrogens is 1. The van der Waals surface area contributed by atoms with Crippen LogP contribution in [0.2, 0.25) is 5.02 Å². The van der Waals surface area contributed by atoms with Crippen LogP contribution in [0.5, 0.6) is 0 Å². The van der Waals surface area contributed by atoms with E-state index in [0.717, 1.165) is 54.7 Å². The van der Waals surface area contributed by atoms with Gasteiger partial charge in [0.25, 0.3) is 0 Å². The number of aromatic nitrogens is 3. The van der Waals surface area contributed by atoms with E-state index < -0.39 is 0 Å². The minimum Gasteiger partial charge on any atom is -0.340 e. The predicted molar refractivity (Wildman–Crippen MR) is 126 cm³/mol. The molecular formula is C23H26ClN5OS. The number of hydrogen-bond acceptors (Lipinski definition) is 4. The molecule has 8 heteroatoms. The molecule has 0 saturated carbocycles. The topological polar surface area (TPSA) is 57.2 Å². The second-order valence-electron chi connectivity index (χ2n) is 7.91. The van der Waals surface area contributed by atoms with Gasteiger partial charge in [-0.15, -0.1) is 0 Å². The van der Waals surface area contributed by atoms with Crippen molar-refractivity contribution in [3.63, 3.8) is 0 Å². The Balaban J connectivity index is 1.32. The van der Waals surface area contributed by atoms with Crippen molar-refractivity contribution in [2.45, 2.75) is 26.4 Å². The molecule has 6 nitrogen and oxygen atoms in total. The molecule has 1 amide bonds. The van der Waals surface area contributed by atoms with Crippen LogP contribution in [0, 0.1) is 11.7 Å². The molecule has 3 aromatic rings. The number of nitrogens with one attached hydrogen (secondary N) is 1. The highest BCUT2D eigenvalue weighted by molar-refractivity contribution is 7.71. The first-order valence-corrected chi connectivity index (χ1v) is 11.2. The highest BCUT2D eigenvalue weighted by atomic mass is 35.5. The van der Waals surface area contributed by atoms with E-state index in [0.29, 0.717) is 17.7 Å². The van der Waals surface area contributed by atoms with Crippen molar-refractivity contribution in [3.8, 4) is 11.4 Å². The molecule has 1 fully saturated rings. The third-order valence-electron chi connectivity index (χ3n) is 5.60. The minimum absolute atomic E-state index is 0.153. The molecule has 1 saturated heterocycles. The second kappa shape index (κ2) is 9.77. The second-order valence-corrected chi connectivity index (χ2v) is 8.73. The van der Waals surface area contributed by atoms with E-state index in [2.05, 4.69) is 27.2 Å². The molecule has 1 aromatic heterocycles. The van der Waals surface area contributed by atoms with Crippen LogP contribution in [0.25, 0.3) is 11.4 Å². The zero-order chi connectivity index (χ0) is 21.8. The number of carbonyl (C=O) groups is 1. The summed E-state index contributed by atoms with van der Waals surface area (Å²) in [5, 5.41) is 8.00. The van der Waals surface area contributed by atoms with Crippen LogP contribution in [-0.2, 0) is 17.9 Å². The van der Waals surface area contributed by atoms with Gasteiger partial charge in [0.2, 0.25) is 5.91 Å². The van der Waals surface area contributed by atoms with E-state index in [-0.39, 0.29) is 5.91 Å². The standard InChI is InChI=1S/C23H26ClN5OS/c1-17-4-2-6-19(14-17)22-25-26-23(31)29(22)9-8-21(30)28-12-10-27(11-13-28)16-18-5-3-7-20(24)15-18/h2-7,14-15H,8-13,16H2,1H3,(H,26,31). The quantitative estimate of drug-likeness (QED) is 0.563. The maximum absolute atomic E-state index is 12.8. The van der Waals surface area contributed by atoms with Crippen molar-refractivity contribution >= 4 is 29.7 Å². The monoisotopic (exact) mass is 455 g/mol. The zero-order valence-electron chi connectivity index (χ0n) is 17.6. The first kappa shape index (κ1) is 21.7. The predicted octanol–water partition coefficient (Wildman–Crippen LogP) is 4.30. The summed E-state index contributed by atoms with van der Waals surface area (Å²) in [5.41, 5.74) is 3.35. The Morgan fingerprint density at radius 1 is 1.13 bits per heavy atom. The number of rotatable bonds is 6. The number of benzene rings is 2. The molecule has 0 atom stereocenters. The largest absolute Gasteiger partial charge is 0.340 e. The van der Waals surface area contributed by atoms with Gasteiger partial charge >= 0.3 is 0 Å². The molecule has 2 heterocycles. The molecule has 0 unspecified atom stereocenters. The van der Waals surface area contributed by atoms with Gasteiger partial charge in [0, 0.05) is 56.3 Å². The Kier molecular flexibility index (Phi) is 6.85. The molecule has 4 rings (SSSR count). The number of aryl methyl sites for hydroxylation is 1. The van der Waals surface area contributed by atoms with Crippen LogP contribution >= 0.6 is 23.8 Å². The van der Waals surface area contributed by atoms with E-state index in [9.17, 15) is 4.79 Å². The van der Waals surface area contributed by atoms with Gasteiger partial charge in [-0.25, -0.2) is 0 Å². The van der Waals surface area contributed by atoms with E-state index in [1.807, 2.05) is 52.8 Å². The van der Waals surface area contributed by atoms with Gasteiger partial charge in [-0.2, -0.15) is 5.10 Å². The third kappa shape index (κ3) is 5.42. The average Bonchev–Trinajstić information content (AvgIpc) is 3.13. The average molecular weight is 456 g/mol. The highest BCUT2D eigenvalue weighted by Crippen LogP contribution is 2.19. The van der Waals surface area contributed by atoms with Gasteiger partial charge < -0.3 is 4.90 Å². The number of aromatic amines is 1. The van der Waals surface area contributed by atoms with Crippen LogP contribution in [0.4, 0.5) is 0 Å². The molecule has 1 aliphatic rings. The Hall–Kier alpha value is -2.48. The Labute approximate surface area is 192 Å². The molecule has 0 spiro atoms. The molecule has 1 aliphatic heterocycles. The van der Waals surface area contributed by atoms with Gasteiger partial charge in [0.05, 0.1) is 0 Å². The van der Waals surface area contributed by atoms with Crippen molar-refractivity contribution in [1.82, 2.24) is 24.6 Å². The number of nitrogens with zero attached hydrogens (tertiary/aromatic N) is 4. The summed E-state index contributed by atoms with van der Waals surface area (Å²) < 4.78 is 2.45. The Morgan fingerprint density at radius 3 is 2.65 bits per heavy atom. The van der Waals surface area contributed by atoms with Crippen LogP contribution in [-0.4, -0.2) is 56.7 Å². The molecule has 0 bridgehead atoms. The zero-order valence-corrected chi connectivity index (χ0v) is 19.1. The summed E-state index contributed by atoms with van der Waals surface area (Å²) >= 11 is 11.5. The third-order valence-corrected chi connectivity index (χ3v) is 6.15. The summed E-state index contributed by atoms with van der Waals surface area (Å²) in [4.78, 5) is 17.1. The Bertz CT molecular complexity index is 1120. The van der Waals surface area contributed by atoms with E-state index >= 15 is 0 Å². The summed E-state index contributed by atoms with van der Waals surface area (Å²) in [6.45, 7) is 6.61. The number of hydrogen-bond donors (Lipinski definition) is 1. The number of amides is 1. The minimum atomic E-state index is 0.153.